The highest BCUT2D eigenvalue weighted by Crippen LogP contribution is 2.50. The van der Waals surface area contributed by atoms with Gasteiger partial charge in [-0.1, -0.05) is 24.3 Å². The zero-order valence-corrected chi connectivity index (χ0v) is 18.8. The van der Waals surface area contributed by atoms with Crippen molar-refractivity contribution in [1.29, 1.82) is 0 Å². The summed E-state index contributed by atoms with van der Waals surface area (Å²) in [6.07, 6.45) is 3.78. The van der Waals surface area contributed by atoms with Gasteiger partial charge >= 0.3 is 5.97 Å². The quantitative estimate of drug-likeness (QED) is 0.541. The number of ether oxygens (including phenoxy) is 3. The number of esters is 1. The van der Waals surface area contributed by atoms with E-state index in [-0.39, 0.29) is 11.5 Å². The molecule has 1 aromatic heterocycles. The molecular weight excluding hydrogens is 418 g/mol. The third kappa shape index (κ3) is 4.18. The summed E-state index contributed by atoms with van der Waals surface area (Å²) in [5.41, 5.74) is 3.66. The fourth-order valence-electron chi connectivity index (χ4n) is 4.32. The SMILES string of the molecule is COC(=O)c1ccc(C2(Nc3nccc4c3N(Cc3ccc(OC)cc3)CCO4)CC2)cc1. The molecule has 0 radical (unpaired) electrons. The normalized spacial score (nSPS) is 15.8. The summed E-state index contributed by atoms with van der Waals surface area (Å²) in [6, 6.07) is 17.7. The van der Waals surface area contributed by atoms with Crippen molar-refractivity contribution in [1.82, 2.24) is 4.98 Å². The fraction of sp³-hybridized carbons (Fsp3) is 0.308. The molecule has 1 N–H and O–H groups in total. The summed E-state index contributed by atoms with van der Waals surface area (Å²) in [7, 11) is 3.07. The number of hydrogen-bond donors (Lipinski definition) is 1. The van der Waals surface area contributed by atoms with Gasteiger partial charge in [0.05, 0.1) is 31.9 Å². The van der Waals surface area contributed by atoms with Crippen LogP contribution in [0.1, 0.15) is 34.3 Å². The molecular formula is C26H27N3O4. The number of fused-ring (bicyclic) bond motifs is 1. The van der Waals surface area contributed by atoms with Crippen molar-refractivity contribution >= 4 is 17.5 Å². The number of nitrogens with zero attached hydrogens (tertiary/aromatic N) is 2. The van der Waals surface area contributed by atoms with Crippen LogP contribution in [0.15, 0.2) is 60.8 Å². The lowest BCUT2D eigenvalue weighted by atomic mass is 10.0. The first-order valence-corrected chi connectivity index (χ1v) is 11.1. The minimum absolute atomic E-state index is 0.194. The molecule has 2 aliphatic rings. The molecule has 7 nitrogen and oxygen atoms in total. The van der Waals surface area contributed by atoms with Gasteiger partial charge in [-0.3, -0.25) is 0 Å². The maximum Gasteiger partial charge on any atom is 0.337 e. The summed E-state index contributed by atoms with van der Waals surface area (Å²) in [5, 5.41) is 3.70. The summed E-state index contributed by atoms with van der Waals surface area (Å²) in [6.45, 7) is 2.16. The molecule has 1 aliphatic carbocycles. The van der Waals surface area contributed by atoms with Crippen LogP contribution in [0.25, 0.3) is 0 Å². The van der Waals surface area contributed by atoms with Crippen molar-refractivity contribution in [3.8, 4) is 11.5 Å². The molecule has 0 atom stereocenters. The number of carbonyl (C=O) groups excluding carboxylic acids is 1. The minimum atomic E-state index is -0.329. The molecule has 0 saturated heterocycles. The van der Waals surface area contributed by atoms with Crippen LogP contribution >= 0.6 is 0 Å². The van der Waals surface area contributed by atoms with E-state index in [4.69, 9.17) is 19.2 Å². The maximum atomic E-state index is 11.8. The Morgan fingerprint density at radius 2 is 1.85 bits per heavy atom. The van der Waals surface area contributed by atoms with Gasteiger partial charge in [0.2, 0.25) is 0 Å². The predicted molar refractivity (Wildman–Crippen MR) is 126 cm³/mol. The van der Waals surface area contributed by atoms with E-state index in [1.165, 1.54) is 12.7 Å². The number of aromatic nitrogens is 1. The van der Waals surface area contributed by atoms with Gasteiger partial charge in [-0.15, -0.1) is 0 Å². The van der Waals surface area contributed by atoms with Crippen LogP contribution in [0.2, 0.25) is 0 Å². The van der Waals surface area contributed by atoms with Gasteiger partial charge < -0.3 is 24.4 Å². The summed E-state index contributed by atoms with van der Waals surface area (Å²) in [5.74, 6) is 2.17. The van der Waals surface area contributed by atoms with Crippen molar-refractivity contribution in [2.45, 2.75) is 24.9 Å². The number of anilines is 2. The molecule has 1 saturated carbocycles. The lowest BCUT2D eigenvalue weighted by Crippen LogP contribution is -2.34. The van der Waals surface area contributed by atoms with Crippen molar-refractivity contribution < 1.29 is 19.0 Å². The number of pyridine rings is 1. The van der Waals surface area contributed by atoms with E-state index in [1.807, 2.05) is 42.5 Å². The summed E-state index contributed by atoms with van der Waals surface area (Å²) in [4.78, 5) is 18.8. The van der Waals surface area contributed by atoms with E-state index in [0.29, 0.717) is 12.2 Å². The largest absolute Gasteiger partial charge is 0.497 e. The molecule has 2 aromatic carbocycles. The highest BCUT2D eigenvalue weighted by molar-refractivity contribution is 5.89. The maximum absolute atomic E-state index is 11.8. The summed E-state index contributed by atoms with van der Waals surface area (Å²) >= 11 is 0. The highest BCUT2D eigenvalue weighted by atomic mass is 16.5. The van der Waals surface area contributed by atoms with E-state index in [2.05, 4.69) is 22.3 Å². The molecule has 33 heavy (non-hydrogen) atoms. The van der Waals surface area contributed by atoms with E-state index in [0.717, 1.165) is 54.5 Å². The third-order valence-electron chi connectivity index (χ3n) is 6.32. The van der Waals surface area contributed by atoms with Gasteiger partial charge in [0.25, 0.3) is 0 Å². The number of carbonyl (C=O) groups is 1. The Kier molecular flexibility index (Phi) is 5.54. The number of rotatable bonds is 7. The van der Waals surface area contributed by atoms with Gasteiger partial charge in [-0.25, -0.2) is 9.78 Å². The van der Waals surface area contributed by atoms with Crippen LogP contribution < -0.4 is 19.7 Å². The van der Waals surface area contributed by atoms with Crippen molar-refractivity contribution in [3.63, 3.8) is 0 Å². The van der Waals surface area contributed by atoms with Gasteiger partial charge in [0, 0.05) is 18.8 Å². The van der Waals surface area contributed by atoms with Crippen LogP contribution in [-0.4, -0.2) is 38.3 Å². The van der Waals surface area contributed by atoms with Gasteiger partial charge in [-0.05, 0) is 48.2 Å². The van der Waals surface area contributed by atoms with Gasteiger partial charge in [-0.2, -0.15) is 0 Å². The highest BCUT2D eigenvalue weighted by Gasteiger charge is 2.45. The molecule has 2 heterocycles. The lowest BCUT2D eigenvalue weighted by molar-refractivity contribution is 0.0600. The topological polar surface area (TPSA) is 72.9 Å². The zero-order chi connectivity index (χ0) is 22.8. The molecule has 0 amide bonds. The predicted octanol–water partition coefficient (Wildman–Crippen LogP) is 4.38. The number of methoxy groups -OCH3 is 2. The molecule has 0 bridgehead atoms. The molecule has 7 heteroatoms. The second-order valence-corrected chi connectivity index (χ2v) is 8.40. The monoisotopic (exact) mass is 445 g/mol. The first-order valence-electron chi connectivity index (χ1n) is 11.1. The Labute approximate surface area is 193 Å². The fourth-order valence-corrected chi connectivity index (χ4v) is 4.32. The molecule has 1 aliphatic heterocycles. The summed E-state index contributed by atoms with van der Waals surface area (Å²) < 4.78 is 16.1. The standard InChI is InChI=1S/C26H27N3O4/c1-31-21-9-3-18(4-10-21)17-29-15-16-33-22-11-14-27-24(23(22)29)28-26(12-13-26)20-7-5-19(6-8-20)25(30)32-2/h3-11,14H,12-13,15-17H2,1-2H3,(H,27,28). The smallest absolute Gasteiger partial charge is 0.337 e. The Balaban J connectivity index is 1.41. The van der Waals surface area contributed by atoms with Crippen LogP contribution in [-0.2, 0) is 16.8 Å². The van der Waals surface area contributed by atoms with Gasteiger partial charge in [0.1, 0.15) is 23.8 Å². The molecule has 170 valence electrons. The number of nitrogens with one attached hydrogen (secondary N) is 1. The van der Waals surface area contributed by atoms with Crippen LogP contribution in [0.5, 0.6) is 11.5 Å². The van der Waals surface area contributed by atoms with Crippen molar-refractivity contribution in [3.05, 3.63) is 77.5 Å². The average Bonchev–Trinajstić information content (AvgIpc) is 3.65. The first-order chi connectivity index (χ1) is 16.1. The Hall–Kier alpha value is -3.74. The van der Waals surface area contributed by atoms with E-state index >= 15 is 0 Å². The van der Waals surface area contributed by atoms with Crippen LogP contribution in [0.3, 0.4) is 0 Å². The Morgan fingerprint density at radius 1 is 1.09 bits per heavy atom. The zero-order valence-electron chi connectivity index (χ0n) is 18.8. The molecule has 1 fully saturated rings. The number of benzene rings is 2. The second-order valence-electron chi connectivity index (χ2n) is 8.40. The van der Waals surface area contributed by atoms with E-state index < -0.39 is 0 Å². The van der Waals surface area contributed by atoms with Gasteiger partial charge in [0.15, 0.2) is 5.82 Å². The first kappa shape index (κ1) is 21.1. The van der Waals surface area contributed by atoms with E-state index in [1.54, 1.807) is 13.3 Å². The molecule has 0 unspecified atom stereocenters. The van der Waals surface area contributed by atoms with Crippen LogP contribution in [0.4, 0.5) is 11.5 Å². The van der Waals surface area contributed by atoms with E-state index in [9.17, 15) is 4.79 Å². The average molecular weight is 446 g/mol. The Morgan fingerprint density at radius 3 is 2.52 bits per heavy atom. The van der Waals surface area contributed by atoms with Crippen molar-refractivity contribution in [2.75, 3.05) is 37.6 Å². The lowest BCUT2D eigenvalue weighted by Gasteiger charge is -2.33. The molecule has 0 spiro atoms. The second kappa shape index (κ2) is 8.65. The minimum Gasteiger partial charge on any atom is -0.497 e. The number of hydrogen-bond acceptors (Lipinski definition) is 7. The third-order valence-corrected chi connectivity index (χ3v) is 6.32. The van der Waals surface area contributed by atoms with Crippen molar-refractivity contribution in [2.24, 2.45) is 0 Å². The molecule has 3 aromatic rings. The van der Waals surface area contributed by atoms with Crippen LogP contribution in [0, 0.1) is 0 Å². The molecule has 5 rings (SSSR count). The Bertz CT molecular complexity index is 1140.